The second-order valence-corrected chi connectivity index (χ2v) is 5.25. The van der Waals surface area contributed by atoms with Crippen LogP contribution >= 0.6 is 0 Å². The van der Waals surface area contributed by atoms with Gasteiger partial charge >= 0.3 is 0 Å². The average Bonchev–Trinajstić information content (AvgIpc) is 2.88. The van der Waals surface area contributed by atoms with Crippen LogP contribution in [-0.2, 0) is 4.79 Å². The minimum Gasteiger partial charge on any atom is -0.300 e. The highest BCUT2D eigenvalue weighted by atomic mass is 16.1. The van der Waals surface area contributed by atoms with Crippen molar-refractivity contribution >= 4 is 5.78 Å². The molecule has 2 nitrogen and oxygen atoms in total. The van der Waals surface area contributed by atoms with Crippen molar-refractivity contribution in [2.45, 2.75) is 63.6 Å². The van der Waals surface area contributed by atoms with E-state index in [9.17, 15) is 4.79 Å². The van der Waals surface area contributed by atoms with Crippen molar-refractivity contribution < 1.29 is 4.79 Å². The van der Waals surface area contributed by atoms with Crippen LogP contribution in [0.1, 0.15) is 45.4 Å². The van der Waals surface area contributed by atoms with Crippen molar-refractivity contribution in [2.24, 2.45) is 5.92 Å². The summed E-state index contributed by atoms with van der Waals surface area (Å²) in [7, 11) is 0. The molecule has 2 saturated heterocycles. The smallest absolute Gasteiger partial charge is 0.136 e. The van der Waals surface area contributed by atoms with E-state index in [1.165, 1.54) is 25.7 Å². The lowest BCUT2D eigenvalue weighted by atomic mass is 10.0. The molecular formula is C12H19NO. The maximum absolute atomic E-state index is 11.4. The Hall–Kier alpha value is -0.370. The number of hydrogen-bond acceptors (Lipinski definition) is 2. The third-order valence-electron chi connectivity index (χ3n) is 4.40. The Kier molecular flexibility index (Phi) is 1.94. The summed E-state index contributed by atoms with van der Waals surface area (Å²) >= 11 is 0. The minimum absolute atomic E-state index is 0.516. The molecular weight excluding hydrogens is 174 g/mol. The normalized spacial score (nSPS) is 47.1. The van der Waals surface area contributed by atoms with E-state index in [0.717, 1.165) is 24.8 Å². The molecule has 0 N–H and O–H groups in total. The number of carbonyl (C=O) groups excluding carboxylic acids is 1. The minimum atomic E-state index is 0.516. The fourth-order valence-corrected chi connectivity index (χ4v) is 3.58. The molecule has 0 spiro atoms. The van der Waals surface area contributed by atoms with Gasteiger partial charge in [0.25, 0.3) is 0 Å². The molecule has 0 radical (unpaired) electrons. The lowest BCUT2D eigenvalue weighted by Crippen LogP contribution is -2.45. The number of piperidine rings is 1. The standard InChI is InChI=1S/C12H19NO/c1-2-8-5-12(8)13-9-3-4-10(13)7-11(14)6-9/h8-10,12H,2-7H2,1H3. The molecule has 4 atom stereocenters. The molecule has 2 aliphatic heterocycles. The highest BCUT2D eigenvalue weighted by molar-refractivity contribution is 5.81. The van der Waals surface area contributed by atoms with Gasteiger partial charge in [0.1, 0.15) is 5.78 Å². The van der Waals surface area contributed by atoms with E-state index in [4.69, 9.17) is 0 Å². The molecule has 2 heteroatoms. The monoisotopic (exact) mass is 193 g/mol. The number of ketones is 1. The van der Waals surface area contributed by atoms with Gasteiger partial charge in [0, 0.05) is 31.0 Å². The van der Waals surface area contributed by atoms with Crippen molar-refractivity contribution in [1.29, 1.82) is 0 Å². The highest BCUT2D eigenvalue weighted by Gasteiger charge is 2.50. The van der Waals surface area contributed by atoms with E-state index >= 15 is 0 Å². The van der Waals surface area contributed by atoms with Crippen molar-refractivity contribution in [3.05, 3.63) is 0 Å². The van der Waals surface area contributed by atoms with Crippen molar-refractivity contribution in [2.75, 3.05) is 0 Å². The second kappa shape index (κ2) is 3.06. The van der Waals surface area contributed by atoms with Gasteiger partial charge in [-0.1, -0.05) is 13.3 Å². The lowest BCUT2D eigenvalue weighted by molar-refractivity contribution is -0.123. The average molecular weight is 193 g/mol. The SMILES string of the molecule is CCC1CC1N1C2CCC1CC(=O)C2. The van der Waals surface area contributed by atoms with Crippen LogP contribution in [0.15, 0.2) is 0 Å². The summed E-state index contributed by atoms with van der Waals surface area (Å²) in [6.07, 6.45) is 6.99. The van der Waals surface area contributed by atoms with Gasteiger partial charge in [-0.3, -0.25) is 9.69 Å². The van der Waals surface area contributed by atoms with Crippen LogP contribution < -0.4 is 0 Å². The van der Waals surface area contributed by atoms with Crippen LogP contribution in [0.25, 0.3) is 0 Å². The highest BCUT2D eigenvalue weighted by Crippen LogP contribution is 2.47. The molecule has 3 aliphatic rings. The van der Waals surface area contributed by atoms with Crippen LogP contribution in [0.2, 0.25) is 0 Å². The molecule has 0 amide bonds. The first-order valence-corrected chi connectivity index (χ1v) is 6.08. The van der Waals surface area contributed by atoms with Crippen molar-refractivity contribution in [3.63, 3.8) is 0 Å². The van der Waals surface area contributed by atoms with Crippen molar-refractivity contribution in [1.82, 2.24) is 4.90 Å². The topological polar surface area (TPSA) is 20.3 Å². The van der Waals surface area contributed by atoms with Gasteiger partial charge in [-0.2, -0.15) is 0 Å². The van der Waals surface area contributed by atoms with Gasteiger partial charge in [-0.05, 0) is 25.2 Å². The lowest BCUT2D eigenvalue weighted by Gasteiger charge is -2.34. The number of rotatable bonds is 2. The summed E-state index contributed by atoms with van der Waals surface area (Å²) in [5.41, 5.74) is 0. The first-order chi connectivity index (χ1) is 6.79. The number of nitrogens with zero attached hydrogens (tertiary/aromatic N) is 1. The number of carbonyl (C=O) groups is 1. The van der Waals surface area contributed by atoms with E-state index in [0.29, 0.717) is 17.9 Å². The molecule has 3 rings (SSSR count). The van der Waals surface area contributed by atoms with E-state index < -0.39 is 0 Å². The van der Waals surface area contributed by atoms with Gasteiger partial charge in [-0.15, -0.1) is 0 Å². The quantitative estimate of drug-likeness (QED) is 0.668. The first kappa shape index (κ1) is 8.90. The third kappa shape index (κ3) is 1.23. The van der Waals surface area contributed by atoms with Crippen LogP contribution in [0.4, 0.5) is 0 Å². The molecule has 1 saturated carbocycles. The third-order valence-corrected chi connectivity index (χ3v) is 4.40. The zero-order chi connectivity index (χ0) is 9.71. The molecule has 3 fully saturated rings. The maximum atomic E-state index is 11.4. The second-order valence-electron chi connectivity index (χ2n) is 5.25. The van der Waals surface area contributed by atoms with E-state index in [-0.39, 0.29) is 0 Å². The zero-order valence-electron chi connectivity index (χ0n) is 8.91. The summed E-state index contributed by atoms with van der Waals surface area (Å²) in [6.45, 7) is 2.29. The summed E-state index contributed by atoms with van der Waals surface area (Å²) in [5.74, 6) is 1.47. The molecule has 78 valence electrons. The predicted molar refractivity (Wildman–Crippen MR) is 55.1 cm³/mol. The fraction of sp³-hybridized carbons (Fsp3) is 0.917. The molecule has 0 aromatic rings. The van der Waals surface area contributed by atoms with Gasteiger partial charge in [-0.25, -0.2) is 0 Å². The van der Waals surface area contributed by atoms with E-state index in [1.54, 1.807) is 0 Å². The number of hydrogen-bond donors (Lipinski definition) is 0. The molecule has 1 aliphatic carbocycles. The van der Waals surface area contributed by atoms with E-state index in [2.05, 4.69) is 11.8 Å². The fourth-order valence-electron chi connectivity index (χ4n) is 3.58. The first-order valence-electron chi connectivity index (χ1n) is 6.08. The summed E-state index contributed by atoms with van der Waals surface area (Å²) in [6, 6.07) is 2.11. The Morgan fingerprint density at radius 1 is 1.29 bits per heavy atom. The number of Topliss-reactive ketones (excluding diaryl/α,β-unsaturated/α-hetero) is 1. The maximum Gasteiger partial charge on any atom is 0.136 e. The van der Waals surface area contributed by atoms with Gasteiger partial charge < -0.3 is 0 Å². The number of fused-ring (bicyclic) bond motifs is 2. The molecule has 2 bridgehead atoms. The van der Waals surface area contributed by atoms with Gasteiger partial charge in [0.05, 0.1) is 0 Å². The molecule has 0 aromatic carbocycles. The Morgan fingerprint density at radius 3 is 2.43 bits per heavy atom. The Bertz CT molecular complexity index is 247. The van der Waals surface area contributed by atoms with Crippen LogP contribution in [0.5, 0.6) is 0 Å². The van der Waals surface area contributed by atoms with Crippen LogP contribution in [0, 0.1) is 5.92 Å². The molecule has 0 aromatic heterocycles. The largest absolute Gasteiger partial charge is 0.300 e. The van der Waals surface area contributed by atoms with Gasteiger partial charge in [0.2, 0.25) is 0 Å². The van der Waals surface area contributed by atoms with Gasteiger partial charge in [0.15, 0.2) is 0 Å². The zero-order valence-corrected chi connectivity index (χ0v) is 8.91. The van der Waals surface area contributed by atoms with Crippen LogP contribution in [0.3, 0.4) is 0 Å². The summed E-state index contributed by atoms with van der Waals surface area (Å²) < 4.78 is 0. The molecule has 4 unspecified atom stereocenters. The van der Waals surface area contributed by atoms with Crippen molar-refractivity contribution in [3.8, 4) is 0 Å². The molecule has 2 heterocycles. The van der Waals surface area contributed by atoms with E-state index in [1.807, 2.05) is 0 Å². The Balaban J connectivity index is 1.73. The Morgan fingerprint density at radius 2 is 1.93 bits per heavy atom. The van der Waals surface area contributed by atoms with Crippen LogP contribution in [-0.4, -0.2) is 28.8 Å². The summed E-state index contributed by atoms with van der Waals surface area (Å²) in [5, 5.41) is 0. The Labute approximate surface area is 85.7 Å². The predicted octanol–water partition coefficient (Wildman–Crippen LogP) is 1.98. The molecule has 14 heavy (non-hydrogen) atoms. The summed E-state index contributed by atoms with van der Waals surface area (Å²) in [4.78, 5) is 14.1.